The average Bonchev–Trinajstić information content (AvgIpc) is 3.17. The molecule has 2 heterocycles. The molecular formula is C22H24N2O. The Balaban J connectivity index is 1.66. The van der Waals surface area contributed by atoms with Crippen molar-refractivity contribution < 1.29 is 4.79 Å². The highest BCUT2D eigenvalue weighted by molar-refractivity contribution is 5.93. The van der Waals surface area contributed by atoms with Crippen LogP contribution in [-0.2, 0) is 4.79 Å². The number of nitrogens with zero attached hydrogens (tertiary/aromatic N) is 2. The van der Waals surface area contributed by atoms with Crippen molar-refractivity contribution in [2.75, 3.05) is 31.1 Å². The fourth-order valence-electron chi connectivity index (χ4n) is 3.77. The summed E-state index contributed by atoms with van der Waals surface area (Å²) in [4.78, 5) is 17.0. The first-order valence-corrected chi connectivity index (χ1v) is 9.10. The molecule has 3 nitrogen and oxygen atoms in total. The number of hydrogen-bond acceptors (Lipinski definition) is 2. The van der Waals surface area contributed by atoms with Gasteiger partial charge in [-0.3, -0.25) is 4.79 Å². The summed E-state index contributed by atoms with van der Waals surface area (Å²) in [7, 11) is 0. The van der Waals surface area contributed by atoms with Crippen LogP contribution in [-0.4, -0.2) is 37.0 Å². The van der Waals surface area contributed by atoms with Gasteiger partial charge in [0.05, 0.1) is 6.54 Å². The fourth-order valence-corrected chi connectivity index (χ4v) is 3.77. The monoisotopic (exact) mass is 332 g/mol. The van der Waals surface area contributed by atoms with Gasteiger partial charge in [0.15, 0.2) is 0 Å². The Morgan fingerprint density at radius 1 is 1.04 bits per heavy atom. The molecule has 0 unspecified atom stereocenters. The number of benzene rings is 2. The number of anilines is 1. The van der Waals surface area contributed by atoms with E-state index < -0.39 is 0 Å². The van der Waals surface area contributed by atoms with E-state index in [0.717, 1.165) is 32.5 Å². The second-order valence-electron chi connectivity index (χ2n) is 7.04. The van der Waals surface area contributed by atoms with E-state index in [-0.39, 0.29) is 5.91 Å². The van der Waals surface area contributed by atoms with Crippen molar-refractivity contribution in [1.82, 2.24) is 4.90 Å². The van der Waals surface area contributed by atoms with Crippen LogP contribution in [0.1, 0.15) is 29.5 Å². The summed E-state index contributed by atoms with van der Waals surface area (Å²) >= 11 is 0. The Morgan fingerprint density at radius 2 is 1.80 bits per heavy atom. The molecule has 128 valence electrons. The van der Waals surface area contributed by atoms with Crippen molar-refractivity contribution in [2.24, 2.45) is 0 Å². The third kappa shape index (κ3) is 3.32. The number of hydrogen-bond donors (Lipinski definition) is 0. The smallest absolute Gasteiger partial charge is 0.242 e. The van der Waals surface area contributed by atoms with Gasteiger partial charge in [0, 0.05) is 25.3 Å². The van der Waals surface area contributed by atoms with Crippen LogP contribution < -0.4 is 4.90 Å². The van der Waals surface area contributed by atoms with Crippen molar-refractivity contribution in [2.45, 2.75) is 19.8 Å². The molecule has 0 spiro atoms. The van der Waals surface area contributed by atoms with Crippen LogP contribution in [0.4, 0.5) is 5.69 Å². The molecule has 0 aliphatic carbocycles. The minimum atomic E-state index is 0.249. The molecule has 0 N–H and O–H groups in total. The molecule has 0 atom stereocenters. The normalized spacial score (nSPS) is 16.6. The maximum Gasteiger partial charge on any atom is 0.242 e. The molecule has 2 aliphatic rings. The van der Waals surface area contributed by atoms with Gasteiger partial charge in [-0.15, -0.1) is 0 Å². The van der Waals surface area contributed by atoms with Gasteiger partial charge in [0.25, 0.3) is 0 Å². The van der Waals surface area contributed by atoms with E-state index in [1.807, 2.05) is 11.0 Å². The molecule has 0 aromatic heterocycles. The molecule has 25 heavy (non-hydrogen) atoms. The fraction of sp³-hybridized carbons (Fsp3) is 0.318. The molecule has 1 saturated heterocycles. The molecule has 2 aromatic rings. The van der Waals surface area contributed by atoms with Crippen molar-refractivity contribution in [3.8, 4) is 0 Å². The number of aryl methyl sites for hydroxylation is 1. The molecule has 0 saturated carbocycles. The summed E-state index contributed by atoms with van der Waals surface area (Å²) in [6.07, 6.45) is 4.54. The van der Waals surface area contributed by atoms with Gasteiger partial charge in [-0.1, -0.05) is 42.5 Å². The van der Waals surface area contributed by atoms with Crippen molar-refractivity contribution in [3.63, 3.8) is 0 Å². The lowest BCUT2D eigenvalue weighted by atomic mass is 9.96. The zero-order valence-electron chi connectivity index (χ0n) is 14.7. The zero-order chi connectivity index (χ0) is 17.2. The zero-order valence-corrected chi connectivity index (χ0v) is 14.7. The number of fused-ring (bicyclic) bond motifs is 1. The largest absolute Gasteiger partial charge is 0.357 e. The van der Waals surface area contributed by atoms with Gasteiger partial charge >= 0.3 is 0 Å². The molecule has 0 bridgehead atoms. The molecular weight excluding hydrogens is 308 g/mol. The van der Waals surface area contributed by atoms with Gasteiger partial charge in [-0.2, -0.15) is 0 Å². The number of likely N-dealkylation sites (tertiary alicyclic amines) is 1. The van der Waals surface area contributed by atoms with E-state index >= 15 is 0 Å². The van der Waals surface area contributed by atoms with E-state index in [2.05, 4.69) is 60.4 Å². The Morgan fingerprint density at radius 3 is 2.56 bits per heavy atom. The van der Waals surface area contributed by atoms with E-state index in [0.29, 0.717) is 6.54 Å². The van der Waals surface area contributed by atoms with Gasteiger partial charge in [-0.05, 0) is 54.2 Å². The highest BCUT2D eigenvalue weighted by Gasteiger charge is 2.24. The number of rotatable bonds is 3. The van der Waals surface area contributed by atoms with E-state index in [1.54, 1.807) is 0 Å². The van der Waals surface area contributed by atoms with E-state index in [1.165, 1.54) is 28.0 Å². The van der Waals surface area contributed by atoms with Crippen LogP contribution in [0.15, 0.2) is 48.5 Å². The van der Waals surface area contributed by atoms with Crippen LogP contribution >= 0.6 is 0 Å². The van der Waals surface area contributed by atoms with Crippen molar-refractivity contribution in [1.29, 1.82) is 0 Å². The Hall–Kier alpha value is -2.55. The quantitative estimate of drug-likeness (QED) is 0.849. The third-order valence-corrected chi connectivity index (χ3v) is 5.15. The van der Waals surface area contributed by atoms with Gasteiger partial charge < -0.3 is 9.80 Å². The molecule has 1 fully saturated rings. The summed E-state index contributed by atoms with van der Waals surface area (Å²) < 4.78 is 0. The summed E-state index contributed by atoms with van der Waals surface area (Å²) in [5.74, 6) is 0.249. The molecule has 3 heteroatoms. The predicted octanol–water partition coefficient (Wildman–Crippen LogP) is 3.98. The minimum absolute atomic E-state index is 0.249. The maximum absolute atomic E-state index is 12.7. The van der Waals surface area contributed by atoms with Crippen LogP contribution in [0.25, 0.3) is 11.6 Å². The third-order valence-electron chi connectivity index (χ3n) is 5.15. The van der Waals surface area contributed by atoms with E-state index in [4.69, 9.17) is 0 Å². The highest BCUT2D eigenvalue weighted by Crippen LogP contribution is 2.33. The van der Waals surface area contributed by atoms with Crippen LogP contribution in [0.5, 0.6) is 0 Å². The van der Waals surface area contributed by atoms with Crippen molar-refractivity contribution >= 4 is 23.2 Å². The lowest BCUT2D eigenvalue weighted by Crippen LogP contribution is -2.40. The van der Waals surface area contributed by atoms with Gasteiger partial charge in [0.1, 0.15) is 0 Å². The van der Waals surface area contributed by atoms with Gasteiger partial charge in [-0.25, -0.2) is 0 Å². The predicted molar refractivity (Wildman–Crippen MR) is 104 cm³/mol. The second-order valence-corrected chi connectivity index (χ2v) is 7.04. The van der Waals surface area contributed by atoms with Crippen LogP contribution in [0.2, 0.25) is 0 Å². The molecule has 4 rings (SSSR count). The molecule has 0 radical (unpaired) electrons. The van der Waals surface area contributed by atoms with Crippen LogP contribution in [0.3, 0.4) is 0 Å². The highest BCUT2D eigenvalue weighted by atomic mass is 16.2. The van der Waals surface area contributed by atoms with Gasteiger partial charge in [0.2, 0.25) is 5.91 Å². The molecule has 1 amide bonds. The van der Waals surface area contributed by atoms with Crippen molar-refractivity contribution in [3.05, 3.63) is 65.2 Å². The number of carbonyl (C=O) groups excluding carboxylic acids is 1. The summed E-state index contributed by atoms with van der Waals surface area (Å²) in [6, 6.07) is 17.0. The Bertz CT molecular complexity index is 804. The minimum Gasteiger partial charge on any atom is -0.357 e. The number of amides is 1. The first-order valence-electron chi connectivity index (χ1n) is 9.10. The first-order chi connectivity index (χ1) is 12.2. The second kappa shape index (κ2) is 6.75. The summed E-state index contributed by atoms with van der Waals surface area (Å²) in [5.41, 5.74) is 6.10. The Kier molecular flexibility index (Phi) is 4.31. The standard InChI is InChI=1S/C22H24N2O/c1-17-9-10-19-14-20(18-7-3-2-4-8-18)15-24(21(19)13-17)16-22(25)23-11-5-6-12-23/h2-4,7-10,13-14H,5-6,11-12,15-16H2,1H3. The SMILES string of the molecule is Cc1ccc2c(c1)N(CC(=O)N1CCCC1)CC(c1ccccc1)=C2. The van der Waals surface area contributed by atoms with E-state index in [9.17, 15) is 4.79 Å². The first kappa shape index (κ1) is 15.9. The molecule has 2 aliphatic heterocycles. The maximum atomic E-state index is 12.7. The Labute approximate surface area is 149 Å². The lowest BCUT2D eigenvalue weighted by molar-refractivity contribution is -0.128. The summed E-state index contributed by atoms with van der Waals surface area (Å²) in [6.45, 7) is 5.17. The summed E-state index contributed by atoms with van der Waals surface area (Å²) in [5, 5.41) is 0. The number of carbonyl (C=O) groups is 1. The molecule has 2 aromatic carbocycles. The lowest BCUT2D eigenvalue weighted by Gasteiger charge is -2.32. The topological polar surface area (TPSA) is 23.6 Å². The van der Waals surface area contributed by atoms with Crippen LogP contribution in [0, 0.1) is 6.92 Å². The average molecular weight is 332 g/mol.